The summed E-state index contributed by atoms with van der Waals surface area (Å²) in [7, 11) is 1.86. The van der Waals surface area contributed by atoms with Crippen molar-refractivity contribution in [2.45, 2.75) is 19.1 Å². The molecule has 2 aromatic carbocycles. The summed E-state index contributed by atoms with van der Waals surface area (Å²) in [6, 6.07) is 13.4. The summed E-state index contributed by atoms with van der Waals surface area (Å²) in [4.78, 5) is 12.4. The van der Waals surface area contributed by atoms with Gasteiger partial charge in [-0.15, -0.1) is 0 Å². The molecule has 5 nitrogen and oxygen atoms in total. The van der Waals surface area contributed by atoms with Crippen LogP contribution in [0.25, 0.3) is 10.9 Å². The molecule has 1 N–H and O–H groups in total. The summed E-state index contributed by atoms with van der Waals surface area (Å²) >= 11 is 6.29. The summed E-state index contributed by atoms with van der Waals surface area (Å²) in [5.74, 6) is 0.640. The molecular formula is C18H16ClN3O2. The summed E-state index contributed by atoms with van der Waals surface area (Å²) in [5.41, 5.74) is 2.75. The second-order valence-electron chi connectivity index (χ2n) is 5.84. The lowest BCUT2D eigenvalue weighted by atomic mass is 10.1. The highest BCUT2D eigenvalue weighted by Crippen LogP contribution is 2.29. The standard InChI is InChI=1S/C18H16ClN3O2/c1-22-14-7-4-6-12(19)17(14)13(21-22)10-20-18(23)16-9-11-5-2-3-8-15(11)24-16/h2-8,16H,9-10H2,1H3,(H,20,23)/t16-/m1/s1. The number of aromatic nitrogens is 2. The Morgan fingerprint density at radius 1 is 1.33 bits per heavy atom. The van der Waals surface area contributed by atoms with Gasteiger partial charge in [0.05, 0.1) is 22.8 Å². The molecule has 2 heterocycles. The number of carbonyl (C=O) groups is 1. The number of fused-ring (bicyclic) bond motifs is 2. The lowest BCUT2D eigenvalue weighted by Gasteiger charge is -2.10. The minimum absolute atomic E-state index is 0.142. The fraction of sp³-hybridized carbons (Fsp3) is 0.222. The van der Waals surface area contributed by atoms with Gasteiger partial charge in [0.2, 0.25) is 0 Å². The maximum Gasteiger partial charge on any atom is 0.261 e. The number of nitrogens with zero attached hydrogens (tertiary/aromatic N) is 2. The smallest absolute Gasteiger partial charge is 0.261 e. The van der Waals surface area contributed by atoms with Crippen molar-refractivity contribution >= 4 is 28.4 Å². The fourth-order valence-corrected chi connectivity index (χ4v) is 3.37. The Bertz CT molecular complexity index is 910. The molecule has 0 aliphatic carbocycles. The zero-order valence-electron chi connectivity index (χ0n) is 13.1. The lowest BCUT2D eigenvalue weighted by Crippen LogP contribution is -2.37. The maximum absolute atomic E-state index is 12.4. The van der Waals surface area contributed by atoms with Crippen molar-refractivity contribution in [2.75, 3.05) is 0 Å². The van der Waals surface area contributed by atoms with E-state index in [-0.39, 0.29) is 5.91 Å². The predicted octanol–water partition coefficient (Wildman–Crippen LogP) is 2.85. The van der Waals surface area contributed by atoms with Gasteiger partial charge in [-0.1, -0.05) is 35.9 Å². The summed E-state index contributed by atoms with van der Waals surface area (Å²) in [6.45, 7) is 0.316. The highest BCUT2D eigenvalue weighted by Gasteiger charge is 2.28. The first kappa shape index (κ1) is 15.0. The average Bonchev–Trinajstić information content (AvgIpc) is 3.15. The molecule has 0 bridgehead atoms. The third-order valence-corrected chi connectivity index (χ3v) is 4.58. The average molecular weight is 342 g/mol. The molecule has 0 fully saturated rings. The highest BCUT2D eigenvalue weighted by molar-refractivity contribution is 6.35. The van der Waals surface area contributed by atoms with Crippen LogP contribution in [0, 0.1) is 0 Å². The number of aryl methyl sites for hydroxylation is 1. The molecule has 0 unspecified atom stereocenters. The SMILES string of the molecule is Cn1nc(CNC(=O)[C@H]2Cc3ccccc3O2)c2c(Cl)cccc21. The van der Waals surface area contributed by atoms with E-state index in [9.17, 15) is 4.79 Å². The van der Waals surface area contributed by atoms with Crippen LogP contribution < -0.4 is 10.1 Å². The minimum atomic E-state index is -0.493. The largest absolute Gasteiger partial charge is 0.480 e. The third kappa shape index (κ3) is 2.51. The number of nitrogens with one attached hydrogen (secondary N) is 1. The quantitative estimate of drug-likeness (QED) is 0.797. The van der Waals surface area contributed by atoms with E-state index in [0.29, 0.717) is 18.0 Å². The van der Waals surface area contributed by atoms with Gasteiger partial charge in [0.1, 0.15) is 5.75 Å². The fourth-order valence-electron chi connectivity index (χ4n) is 3.09. The van der Waals surface area contributed by atoms with Gasteiger partial charge in [-0.2, -0.15) is 5.10 Å². The number of ether oxygens (including phenoxy) is 1. The van der Waals surface area contributed by atoms with Crippen LogP contribution in [-0.2, 0) is 24.8 Å². The van der Waals surface area contributed by atoms with E-state index in [1.54, 1.807) is 4.68 Å². The van der Waals surface area contributed by atoms with Crippen LogP contribution in [0.15, 0.2) is 42.5 Å². The third-order valence-electron chi connectivity index (χ3n) is 4.27. The van der Waals surface area contributed by atoms with Gasteiger partial charge in [-0.25, -0.2) is 0 Å². The molecule has 0 saturated heterocycles. The number of hydrogen-bond acceptors (Lipinski definition) is 3. The Morgan fingerprint density at radius 2 is 2.17 bits per heavy atom. The first-order chi connectivity index (χ1) is 11.6. The van der Waals surface area contributed by atoms with Crippen molar-refractivity contribution in [1.29, 1.82) is 0 Å². The number of rotatable bonds is 3. The van der Waals surface area contributed by atoms with E-state index in [2.05, 4.69) is 10.4 Å². The highest BCUT2D eigenvalue weighted by atomic mass is 35.5. The first-order valence-electron chi connectivity index (χ1n) is 7.76. The Labute approximate surface area is 144 Å². The zero-order valence-corrected chi connectivity index (χ0v) is 13.9. The molecule has 1 aliphatic heterocycles. The van der Waals surface area contributed by atoms with Gasteiger partial charge in [0.15, 0.2) is 6.10 Å². The second-order valence-corrected chi connectivity index (χ2v) is 6.25. The number of carbonyl (C=O) groups excluding carboxylic acids is 1. The molecular weight excluding hydrogens is 326 g/mol. The molecule has 4 rings (SSSR count). The van der Waals surface area contributed by atoms with Crippen LogP contribution in [0.3, 0.4) is 0 Å². The van der Waals surface area contributed by atoms with Crippen LogP contribution in [0.2, 0.25) is 5.02 Å². The molecule has 6 heteroatoms. The molecule has 3 aromatic rings. The Kier molecular flexibility index (Phi) is 3.65. The maximum atomic E-state index is 12.4. The number of amides is 1. The first-order valence-corrected chi connectivity index (χ1v) is 8.13. The lowest BCUT2D eigenvalue weighted by molar-refractivity contribution is -0.127. The predicted molar refractivity (Wildman–Crippen MR) is 92.1 cm³/mol. The number of halogens is 1. The number of para-hydroxylation sites is 1. The van der Waals surface area contributed by atoms with Gasteiger partial charge in [-0.05, 0) is 23.8 Å². The molecule has 1 aromatic heterocycles. The zero-order chi connectivity index (χ0) is 16.7. The van der Waals surface area contributed by atoms with E-state index in [0.717, 1.165) is 27.9 Å². The summed E-state index contributed by atoms with van der Waals surface area (Å²) < 4.78 is 7.48. The Hall–Kier alpha value is -2.53. The van der Waals surface area contributed by atoms with Gasteiger partial charge in [0, 0.05) is 18.9 Å². The van der Waals surface area contributed by atoms with Gasteiger partial charge in [0.25, 0.3) is 5.91 Å². The van der Waals surface area contributed by atoms with Crippen LogP contribution in [0.1, 0.15) is 11.3 Å². The van der Waals surface area contributed by atoms with Gasteiger partial charge < -0.3 is 10.1 Å². The number of benzene rings is 2. The van der Waals surface area contributed by atoms with Crippen molar-refractivity contribution in [3.05, 3.63) is 58.7 Å². The summed E-state index contributed by atoms with van der Waals surface area (Å²) in [6.07, 6.45) is 0.0963. The van der Waals surface area contributed by atoms with Crippen molar-refractivity contribution in [3.63, 3.8) is 0 Å². The monoisotopic (exact) mass is 341 g/mol. The van der Waals surface area contributed by atoms with E-state index in [4.69, 9.17) is 16.3 Å². The van der Waals surface area contributed by atoms with Crippen LogP contribution in [-0.4, -0.2) is 21.8 Å². The molecule has 0 saturated carbocycles. The minimum Gasteiger partial charge on any atom is -0.480 e. The normalized spacial score (nSPS) is 16.0. The van der Waals surface area contributed by atoms with Gasteiger partial charge in [-0.3, -0.25) is 9.48 Å². The van der Waals surface area contributed by atoms with Gasteiger partial charge >= 0.3 is 0 Å². The second kappa shape index (κ2) is 5.83. The van der Waals surface area contributed by atoms with Crippen LogP contribution >= 0.6 is 11.6 Å². The molecule has 24 heavy (non-hydrogen) atoms. The molecule has 1 atom stereocenters. The molecule has 0 spiro atoms. The molecule has 0 radical (unpaired) electrons. The Balaban J connectivity index is 1.49. The molecule has 1 amide bonds. The van der Waals surface area contributed by atoms with E-state index in [1.807, 2.05) is 49.5 Å². The van der Waals surface area contributed by atoms with Crippen molar-refractivity contribution < 1.29 is 9.53 Å². The van der Waals surface area contributed by atoms with Crippen molar-refractivity contribution in [3.8, 4) is 5.75 Å². The molecule has 122 valence electrons. The van der Waals surface area contributed by atoms with Crippen molar-refractivity contribution in [1.82, 2.24) is 15.1 Å². The number of hydrogen-bond donors (Lipinski definition) is 1. The van der Waals surface area contributed by atoms with Crippen LogP contribution in [0.4, 0.5) is 0 Å². The summed E-state index contributed by atoms with van der Waals surface area (Å²) in [5, 5.41) is 8.88. The van der Waals surface area contributed by atoms with E-state index < -0.39 is 6.10 Å². The topological polar surface area (TPSA) is 56.2 Å². The van der Waals surface area contributed by atoms with E-state index in [1.165, 1.54) is 0 Å². The molecule has 1 aliphatic rings. The van der Waals surface area contributed by atoms with Crippen molar-refractivity contribution in [2.24, 2.45) is 7.05 Å². The Morgan fingerprint density at radius 3 is 3.00 bits per heavy atom. The van der Waals surface area contributed by atoms with Crippen LogP contribution in [0.5, 0.6) is 5.75 Å². The van der Waals surface area contributed by atoms with E-state index >= 15 is 0 Å².